The van der Waals surface area contributed by atoms with E-state index in [0.29, 0.717) is 13.2 Å². The van der Waals surface area contributed by atoms with Crippen LogP contribution in [0.25, 0.3) is 0 Å². The van der Waals surface area contributed by atoms with Gasteiger partial charge >= 0.3 is 5.97 Å². The van der Waals surface area contributed by atoms with E-state index in [0.717, 1.165) is 32.4 Å². The molecule has 0 aliphatic rings. The van der Waals surface area contributed by atoms with Crippen LogP contribution in [0.4, 0.5) is 0 Å². The summed E-state index contributed by atoms with van der Waals surface area (Å²) < 4.78 is 5.26. The first-order valence-corrected chi connectivity index (χ1v) is 7.62. The van der Waals surface area contributed by atoms with Gasteiger partial charge in [-0.2, -0.15) is 0 Å². The minimum atomic E-state index is -0.0626. The van der Waals surface area contributed by atoms with Gasteiger partial charge in [0.1, 0.15) is 0 Å². The standard InChI is InChI=1S/C15H31NO2/c1-4-7-8-9-10-13-18-15(17)14-16(11-5-2)12-6-3/h4-14H2,1-3H3. The van der Waals surface area contributed by atoms with Gasteiger partial charge in [0.05, 0.1) is 13.2 Å². The van der Waals surface area contributed by atoms with Gasteiger partial charge in [-0.15, -0.1) is 0 Å². The highest BCUT2D eigenvalue weighted by atomic mass is 16.5. The number of esters is 1. The SMILES string of the molecule is CCCCCCCOC(=O)CN(CCC)CCC. The molecule has 0 bridgehead atoms. The van der Waals surface area contributed by atoms with Crippen LogP contribution >= 0.6 is 0 Å². The molecule has 0 fully saturated rings. The van der Waals surface area contributed by atoms with E-state index >= 15 is 0 Å². The van der Waals surface area contributed by atoms with E-state index in [1.54, 1.807) is 0 Å². The van der Waals surface area contributed by atoms with Gasteiger partial charge < -0.3 is 4.74 Å². The van der Waals surface area contributed by atoms with Crippen LogP contribution in [-0.2, 0) is 9.53 Å². The van der Waals surface area contributed by atoms with Gasteiger partial charge in [0.25, 0.3) is 0 Å². The first kappa shape index (κ1) is 17.4. The number of ether oxygens (including phenoxy) is 1. The fourth-order valence-electron chi connectivity index (χ4n) is 2.02. The van der Waals surface area contributed by atoms with Gasteiger partial charge in [-0.3, -0.25) is 9.69 Å². The zero-order chi connectivity index (χ0) is 13.6. The molecule has 0 aliphatic carbocycles. The van der Waals surface area contributed by atoms with Crippen LogP contribution in [0.2, 0.25) is 0 Å². The summed E-state index contributed by atoms with van der Waals surface area (Å²) in [5.74, 6) is -0.0626. The molecule has 3 heteroatoms. The molecule has 3 nitrogen and oxygen atoms in total. The Morgan fingerprint density at radius 3 is 2.06 bits per heavy atom. The van der Waals surface area contributed by atoms with Gasteiger partial charge in [-0.25, -0.2) is 0 Å². The van der Waals surface area contributed by atoms with Crippen molar-refractivity contribution in [2.75, 3.05) is 26.2 Å². The second-order valence-corrected chi connectivity index (χ2v) is 4.91. The minimum Gasteiger partial charge on any atom is -0.465 e. The molecule has 0 aromatic carbocycles. The first-order chi connectivity index (χ1) is 8.74. The van der Waals surface area contributed by atoms with E-state index in [9.17, 15) is 4.79 Å². The maximum Gasteiger partial charge on any atom is 0.320 e. The third kappa shape index (κ3) is 10.6. The molecule has 0 atom stereocenters. The third-order valence-electron chi connectivity index (χ3n) is 2.94. The van der Waals surface area contributed by atoms with Gasteiger partial charge in [0, 0.05) is 0 Å². The average molecular weight is 257 g/mol. The van der Waals surface area contributed by atoms with Crippen molar-refractivity contribution in [1.82, 2.24) is 4.90 Å². The normalized spacial score (nSPS) is 10.9. The van der Waals surface area contributed by atoms with Gasteiger partial charge in [0.15, 0.2) is 0 Å². The van der Waals surface area contributed by atoms with E-state index in [-0.39, 0.29) is 5.97 Å². The van der Waals surface area contributed by atoms with Crippen molar-refractivity contribution in [2.24, 2.45) is 0 Å². The Balaban J connectivity index is 3.55. The molecular weight excluding hydrogens is 226 g/mol. The average Bonchev–Trinajstić information content (AvgIpc) is 2.34. The maximum atomic E-state index is 11.6. The molecule has 108 valence electrons. The largest absolute Gasteiger partial charge is 0.465 e. The fourth-order valence-corrected chi connectivity index (χ4v) is 2.02. The van der Waals surface area contributed by atoms with Crippen LogP contribution in [0, 0.1) is 0 Å². The van der Waals surface area contributed by atoms with E-state index in [4.69, 9.17) is 4.74 Å². The van der Waals surface area contributed by atoms with Gasteiger partial charge in [-0.1, -0.05) is 46.5 Å². The summed E-state index contributed by atoms with van der Waals surface area (Å²) in [7, 11) is 0. The number of carbonyl (C=O) groups is 1. The maximum absolute atomic E-state index is 11.6. The quantitative estimate of drug-likeness (QED) is 0.395. The Morgan fingerprint density at radius 2 is 1.50 bits per heavy atom. The molecular formula is C15H31NO2. The second-order valence-electron chi connectivity index (χ2n) is 4.91. The second kappa shape index (κ2) is 12.9. The summed E-state index contributed by atoms with van der Waals surface area (Å²) in [5, 5.41) is 0. The lowest BCUT2D eigenvalue weighted by Crippen LogP contribution is -2.32. The summed E-state index contributed by atoms with van der Waals surface area (Å²) in [6.07, 6.45) is 8.15. The van der Waals surface area contributed by atoms with Gasteiger partial charge in [0.2, 0.25) is 0 Å². The Kier molecular flexibility index (Phi) is 12.5. The third-order valence-corrected chi connectivity index (χ3v) is 2.94. The molecule has 18 heavy (non-hydrogen) atoms. The van der Waals surface area contributed by atoms with Crippen molar-refractivity contribution in [3.05, 3.63) is 0 Å². The number of hydrogen-bond donors (Lipinski definition) is 0. The van der Waals surface area contributed by atoms with Crippen molar-refractivity contribution in [3.8, 4) is 0 Å². The van der Waals surface area contributed by atoms with Crippen molar-refractivity contribution < 1.29 is 9.53 Å². The first-order valence-electron chi connectivity index (χ1n) is 7.62. The number of nitrogens with zero attached hydrogens (tertiary/aromatic N) is 1. The summed E-state index contributed by atoms with van der Waals surface area (Å²) in [4.78, 5) is 13.8. The summed E-state index contributed by atoms with van der Waals surface area (Å²) in [6.45, 7) is 9.50. The molecule has 0 aliphatic heterocycles. The van der Waals surface area contributed by atoms with Crippen LogP contribution in [0.3, 0.4) is 0 Å². The highest BCUT2D eigenvalue weighted by Gasteiger charge is 2.09. The van der Waals surface area contributed by atoms with Crippen LogP contribution in [0.5, 0.6) is 0 Å². The highest BCUT2D eigenvalue weighted by Crippen LogP contribution is 2.03. The number of rotatable bonds is 12. The van der Waals surface area contributed by atoms with Crippen LogP contribution in [0.15, 0.2) is 0 Å². The Morgan fingerprint density at radius 1 is 0.889 bits per heavy atom. The van der Waals surface area contributed by atoms with Crippen LogP contribution in [-0.4, -0.2) is 37.1 Å². The lowest BCUT2D eigenvalue weighted by molar-refractivity contribution is -0.145. The molecule has 0 unspecified atom stereocenters. The van der Waals surface area contributed by atoms with E-state index in [2.05, 4.69) is 25.7 Å². The summed E-state index contributed by atoms with van der Waals surface area (Å²) in [5.41, 5.74) is 0. The van der Waals surface area contributed by atoms with Crippen molar-refractivity contribution in [3.63, 3.8) is 0 Å². The predicted molar refractivity (Wildman–Crippen MR) is 76.7 cm³/mol. The zero-order valence-electron chi connectivity index (χ0n) is 12.5. The van der Waals surface area contributed by atoms with Crippen molar-refractivity contribution in [1.29, 1.82) is 0 Å². The number of carbonyl (C=O) groups excluding carboxylic acids is 1. The van der Waals surface area contributed by atoms with Gasteiger partial charge in [-0.05, 0) is 32.4 Å². The summed E-state index contributed by atoms with van der Waals surface area (Å²) in [6, 6.07) is 0. The Labute approximate surface area is 113 Å². The lowest BCUT2D eigenvalue weighted by atomic mass is 10.2. The summed E-state index contributed by atoms with van der Waals surface area (Å²) >= 11 is 0. The van der Waals surface area contributed by atoms with E-state index in [1.807, 2.05) is 0 Å². The Bertz CT molecular complexity index is 189. The molecule has 0 radical (unpaired) electrons. The fraction of sp³-hybridized carbons (Fsp3) is 0.933. The molecule has 0 aromatic heterocycles. The van der Waals surface area contributed by atoms with Crippen molar-refractivity contribution >= 4 is 5.97 Å². The number of unbranched alkanes of at least 4 members (excludes halogenated alkanes) is 4. The number of hydrogen-bond acceptors (Lipinski definition) is 3. The molecule has 0 aromatic rings. The molecule has 0 spiro atoms. The monoisotopic (exact) mass is 257 g/mol. The van der Waals surface area contributed by atoms with E-state index in [1.165, 1.54) is 25.7 Å². The molecule has 0 amide bonds. The van der Waals surface area contributed by atoms with Crippen LogP contribution in [0.1, 0.15) is 65.7 Å². The topological polar surface area (TPSA) is 29.5 Å². The molecule has 0 rings (SSSR count). The smallest absolute Gasteiger partial charge is 0.320 e. The zero-order valence-corrected chi connectivity index (χ0v) is 12.5. The Hall–Kier alpha value is -0.570. The van der Waals surface area contributed by atoms with Crippen LogP contribution < -0.4 is 0 Å². The molecule has 0 saturated carbocycles. The molecule has 0 heterocycles. The molecule has 0 N–H and O–H groups in total. The van der Waals surface area contributed by atoms with Crippen molar-refractivity contribution in [2.45, 2.75) is 65.7 Å². The highest BCUT2D eigenvalue weighted by molar-refractivity contribution is 5.71. The predicted octanol–water partition coefficient (Wildman–Crippen LogP) is 3.62. The van der Waals surface area contributed by atoms with E-state index < -0.39 is 0 Å². The molecule has 0 saturated heterocycles. The minimum absolute atomic E-state index is 0.0626. The lowest BCUT2D eigenvalue weighted by Gasteiger charge is -2.19.